The lowest BCUT2D eigenvalue weighted by Crippen LogP contribution is -1.99. The van der Waals surface area contributed by atoms with E-state index in [1.54, 1.807) is 18.2 Å². The zero-order chi connectivity index (χ0) is 14.5. The molecule has 0 spiro atoms. The lowest BCUT2D eigenvalue weighted by molar-refractivity contribution is 0.112. The molecule has 0 saturated heterocycles. The Morgan fingerprint density at radius 3 is 2.75 bits per heavy atom. The number of methoxy groups -OCH3 is 1. The molecule has 0 bridgehead atoms. The van der Waals surface area contributed by atoms with Crippen LogP contribution in [0.1, 0.15) is 15.9 Å². The fourth-order valence-electron chi connectivity index (χ4n) is 1.73. The van der Waals surface area contributed by atoms with Crippen molar-refractivity contribution in [2.24, 2.45) is 0 Å². The summed E-state index contributed by atoms with van der Waals surface area (Å²) in [7, 11) is 1.53. The first kappa shape index (κ1) is 14.9. The highest BCUT2D eigenvalue weighted by molar-refractivity contribution is 9.10. The van der Waals surface area contributed by atoms with Crippen LogP contribution in [0.4, 0.5) is 0 Å². The largest absolute Gasteiger partial charge is 0.493 e. The molecule has 3 nitrogen and oxygen atoms in total. The highest BCUT2D eigenvalue weighted by atomic mass is 79.9. The Kier molecular flexibility index (Phi) is 5.04. The Bertz CT molecular complexity index is 629. The fraction of sp³-hybridized carbons (Fsp3) is 0.133. The first-order valence-electron chi connectivity index (χ1n) is 5.84. The van der Waals surface area contributed by atoms with Gasteiger partial charge in [0.15, 0.2) is 11.5 Å². The molecule has 2 aromatic carbocycles. The monoisotopic (exact) mass is 354 g/mol. The van der Waals surface area contributed by atoms with E-state index in [2.05, 4.69) is 15.9 Å². The highest BCUT2D eigenvalue weighted by Crippen LogP contribution is 2.36. The number of benzene rings is 2. The van der Waals surface area contributed by atoms with Crippen LogP contribution < -0.4 is 9.47 Å². The van der Waals surface area contributed by atoms with Crippen LogP contribution >= 0.6 is 27.5 Å². The Morgan fingerprint density at radius 1 is 1.30 bits per heavy atom. The fourth-order valence-corrected chi connectivity index (χ4v) is 2.52. The summed E-state index contributed by atoms with van der Waals surface area (Å²) in [6, 6.07) is 10.7. The molecule has 2 aromatic rings. The van der Waals surface area contributed by atoms with Crippen LogP contribution in [-0.4, -0.2) is 13.4 Å². The van der Waals surface area contributed by atoms with Crippen molar-refractivity contribution in [1.29, 1.82) is 0 Å². The molecule has 5 heteroatoms. The SMILES string of the molecule is COc1cc(C=O)cc(Br)c1OCc1cccc(Cl)c1. The van der Waals surface area contributed by atoms with Crippen molar-refractivity contribution in [3.8, 4) is 11.5 Å². The molecule has 0 aliphatic rings. The van der Waals surface area contributed by atoms with Gasteiger partial charge in [-0.3, -0.25) is 4.79 Å². The predicted molar refractivity (Wildman–Crippen MR) is 81.9 cm³/mol. The molecule has 0 unspecified atom stereocenters. The van der Waals surface area contributed by atoms with Crippen LogP contribution in [-0.2, 0) is 6.61 Å². The summed E-state index contributed by atoms with van der Waals surface area (Å²) in [6.45, 7) is 0.357. The van der Waals surface area contributed by atoms with Crippen molar-refractivity contribution in [3.05, 3.63) is 57.0 Å². The number of halogens is 2. The lowest BCUT2D eigenvalue weighted by Gasteiger charge is -2.13. The van der Waals surface area contributed by atoms with E-state index >= 15 is 0 Å². The molecule has 0 radical (unpaired) electrons. The van der Waals surface area contributed by atoms with Gasteiger partial charge < -0.3 is 9.47 Å². The van der Waals surface area contributed by atoms with Gasteiger partial charge in [-0.1, -0.05) is 23.7 Å². The third kappa shape index (κ3) is 3.52. The normalized spacial score (nSPS) is 10.2. The molecule has 0 aliphatic carbocycles. The van der Waals surface area contributed by atoms with E-state index in [0.717, 1.165) is 11.8 Å². The molecule has 0 N–H and O–H groups in total. The molecule has 0 heterocycles. The quantitative estimate of drug-likeness (QED) is 0.741. The smallest absolute Gasteiger partial charge is 0.175 e. The van der Waals surface area contributed by atoms with Crippen molar-refractivity contribution in [3.63, 3.8) is 0 Å². The van der Waals surface area contributed by atoms with Gasteiger partial charge in [0, 0.05) is 10.6 Å². The first-order chi connectivity index (χ1) is 9.63. The molecule has 0 aliphatic heterocycles. The third-order valence-electron chi connectivity index (χ3n) is 2.66. The Hall–Kier alpha value is -1.52. The number of carbonyl (C=O) groups is 1. The average Bonchev–Trinajstić information content (AvgIpc) is 2.45. The molecule has 104 valence electrons. The maximum absolute atomic E-state index is 10.8. The van der Waals surface area contributed by atoms with Gasteiger partial charge in [0.05, 0.1) is 11.6 Å². The second-order valence-electron chi connectivity index (χ2n) is 4.07. The molecule has 20 heavy (non-hydrogen) atoms. The first-order valence-corrected chi connectivity index (χ1v) is 7.01. The standard InChI is InChI=1S/C15H12BrClO3/c1-19-14-7-11(8-18)6-13(16)15(14)20-9-10-3-2-4-12(17)5-10/h2-8H,9H2,1H3. The van der Waals surface area contributed by atoms with E-state index in [9.17, 15) is 4.79 Å². The number of ether oxygens (including phenoxy) is 2. The van der Waals surface area contributed by atoms with Crippen LogP contribution in [0, 0.1) is 0 Å². The number of hydrogen-bond donors (Lipinski definition) is 0. The predicted octanol–water partition coefficient (Wildman–Crippen LogP) is 4.50. The van der Waals surface area contributed by atoms with Crippen molar-refractivity contribution < 1.29 is 14.3 Å². The number of rotatable bonds is 5. The van der Waals surface area contributed by atoms with Crippen molar-refractivity contribution in [1.82, 2.24) is 0 Å². The third-order valence-corrected chi connectivity index (χ3v) is 3.48. The molecule has 2 rings (SSSR count). The van der Waals surface area contributed by atoms with Crippen LogP contribution in [0.15, 0.2) is 40.9 Å². The second-order valence-corrected chi connectivity index (χ2v) is 5.36. The Labute approximate surface area is 130 Å². The molecule has 0 fully saturated rings. The van der Waals surface area contributed by atoms with Gasteiger partial charge in [0.1, 0.15) is 12.9 Å². The Morgan fingerprint density at radius 2 is 2.10 bits per heavy atom. The summed E-state index contributed by atoms with van der Waals surface area (Å²) >= 11 is 9.31. The molecular weight excluding hydrogens is 344 g/mol. The van der Waals surface area contributed by atoms with Gasteiger partial charge in [-0.15, -0.1) is 0 Å². The van der Waals surface area contributed by atoms with Crippen molar-refractivity contribution in [2.45, 2.75) is 6.61 Å². The Balaban J connectivity index is 2.22. The molecular formula is C15H12BrClO3. The van der Waals surface area contributed by atoms with E-state index in [-0.39, 0.29) is 0 Å². The van der Waals surface area contributed by atoms with Gasteiger partial charge in [0.2, 0.25) is 0 Å². The number of carbonyl (C=O) groups excluding carboxylic acids is 1. The zero-order valence-corrected chi connectivity index (χ0v) is 13.1. The van der Waals surface area contributed by atoms with E-state index in [4.69, 9.17) is 21.1 Å². The minimum atomic E-state index is 0.357. The topological polar surface area (TPSA) is 35.5 Å². The summed E-state index contributed by atoms with van der Waals surface area (Å²) < 4.78 is 11.7. The number of hydrogen-bond acceptors (Lipinski definition) is 3. The van der Waals surface area contributed by atoms with Crippen LogP contribution in [0.25, 0.3) is 0 Å². The second kappa shape index (κ2) is 6.77. The van der Waals surface area contributed by atoms with Gasteiger partial charge >= 0.3 is 0 Å². The van der Waals surface area contributed by atoms with Crippen LogP contribution in [0.2, 0.25) is 5.02 Å². The number of aldehydes is 1. The molecule has 0 aromatic heterocycles. The maximum atomic E-state index is 10.8. The molecule has 0 amide bonds. The van der Waals surface area contributed by atoms with Crippen LogP contribution in [0.3, 0.4) is 0 Å². The summed E-state index contributed by atoms with van der Waals surface area (Å²) in [5.41, 5.74) is 1.47. The van der Waals surface area contributed by atoms with Crippen LogP contribution in [0.5, 0.6) is 11.5 Å². The lowest BCUT2D eigenvalue weighted by atomic mass is 10.2. The van der Waals surface area contributed by atoms with Gasteiger partial charge in [-0.2, -0.15) is 0 Å². The summed E-state index contributed by atoms with van der Waals surface area (Å²) in [5, 5.41) is 0.661. The van der Waals surface area contributed by atoms with E-state index in [1.165, 1.54) is 7.11 Å². The summed E-state index contributed by atoms with van der Waals surface area (Å²) in [6.07, 6.45) is 0.758. The minimum absolute atomic E-state index is 0.357. The average molecular weight is 356 g/mol. The molecule has 0 saturated carbocycles. The van der Waals surface area contributed by atoms with Crippen molar-refractivity contribution >= 4 is 33.8 Å². The zero-order valence-electron chi connectivity index (χ0n) is 10.7. The maximum Gasteiger partial charge on any atom is 0.175 e. The summed E-state index contributed by atoms with van der Waals surface area (Å²) in [4.78, 5) is 10.8. The van der Waals surface area contributed by atoms with Gasteiger partial charge in [0.25, 0.3) is 0 Å². The highest BCUT2D eigenvalue weighted by Gasteiger charge is 2.11. The van der Waals surface area contributed by atoms with E-state index < -0.39 is 0 Å². The molecule has 0 atom stereocenters. The van der Waals surface area contributed by atoms with E-state index in [0.29, 0.717) is 33.2 Å². The summed E-state index contributed by atoms with van der Waals surface area (Å²) in [5.74, 6) is 1.06. The van der Waals surface area contributed by atoms with Gasteiger partial charge in [-0.05, 0) is 45.8 Å². The van der Waals surface area contributed by atoms with Crippen molar-refractivity contribution in [2.75, 3.05) is 7.11 Å². The van der Waals surface area contributed by atoms with Gasteiger partial charge in [-0.25, -0.2) is 0 Å². The van der Waals surface area contributed by atoms with E-state index in [1.807, 2.05) is 18.2 Å². The minimum Gasteiger partial charge on any atom is -0.493 e.